The lowest BCUT2D eigenvalue weighted by Gasteiger charge is -2.35. The summed E-state index contributed by atoms with van der Waals surface area (Å²) in [4.78, 5) is 2.42. The fourth-order valence-electron chi connectivity index (χ4n) is 9.28. The Morgan fingerprint density at radius 2 is 0.891 bits per heavy atom. The van der Waals surface area contributed by atoms with E-state index in [1.54, 1.807) is 0 Å². The third kappa shape index (κ3) is 4.62. The van der Waals surface area contributed by atoms with Gasteiger partial charge in [0.15, 0.2) is 5.58 Å². The largest absolute Gasteiger partial charge is 0.453 e. The second-order valence-electron chi connectivity index (χ2n) is 14.4. The van der Waals surface area contributed by atoms with E-state index in [1.807, 2.05) is 0 Å². The van der Waals surface area contributed by atoms with Crippen molar-refractivity contribution >= 4 is 49.8 Å². The lowest BCUT2D eigenvalue weighted by atomic mass is 9.67. The second kappa shape index (κ2) is 12.5. The van der Waals surface area contributed by atoms with E-state index in [4.69, 9.17) is 4.42 Å². The van der Waals surface area contributed by atoms with E-state index < -0.39 is 5.41 Å². The minimum absolute atomic E-state index is 0.550. The number of para-hydroxylation sites is 3. The molecule has 55 heavy (non-hydrogen) atoms. The first-order valence-electron chi connectivity index (χ1n) is 18.9. The molecule has 0 spiro atoms. The van der Waals surface area contributed by atoms with E-state index in [-0.39, 0.29) is 0 Å². The molecule has 1 heterocycles. The average Bonchev–Trinajstić information content (AvgIpc) is 3.80. The molecule has 2 heteroatoms. The molecular formula is C53H35NO. The van der Waals surface area contributed by atoms with Gasteiger partial charge in [0.1, 0.15) is 5.58 Å². The molecular weight excluding hydrogens is 667 g/mol. The molecule has 9 aromatic carbocycles. The van der Waals surface area contributed by atoms with Crippen LogP contribution in [-0.2, 0) is 5.41 Å². The molecule has 1 aliphatic rings. The summed E-state index contributed by atoms with van der Waals surface area (Å²) in [5.74, 6) is 0. The van der Waals surface area contributed by atoms with Crippen LogP contribution in [0.1, 0.15) is 22.3 Å². The Balaban J connectivity index is 1.27. The zero-order chi connectivity index (χ0) is 36.3. The van der Waals surface area contributed by atoms with Crippen molar-refractivity contribution in [3.63, 3.8) is 0 Å². The Labute approximate surface area is 320 Å². The topological polar surface area (TPSA) is 16.4 Å². The minimum atomic E-state index is -0.550. The first-order valence-corrected chi connectivity index (χ1v) is 18.9. The Morgan fingerprint density at radius 3 is 1.60 bits per heavy atom. The number of hydrogen-bond acceptors (Lipinski definition) is 2. The fraction of sp³-hybridized carbons (Fsp3) is 0.0189. The van der Waals surface area contributed by atoms with Crippen molar-refractivity contribution in [1.29, 1.82) is 0 Å². The Morgan fingerprint density at radius 1 is 0.364 bits per heavy atom. The standard InChI is InChI=1S/C53H35NO/c1-5-19-36(20-6-1)40-30-17-31-43-44-32-18-34-48(52(44)55-51(40)43)54(39-25-11-4-12-26-39)49-35-47-50(42-28-14-13-27-41(42)49)45-29-15-16-33-46(45)53(47,37-21-7-2-8-22-37)38-23-9-3-10-24-38/h1-35H. The zero-order valence-electron chi connectivity index (χ0n) is 30.1. The van der Waals surface area contributed by atoms with Crippen molar-refractivity contribution < 1.29 is 4.42 Å². The maximum atomic E-state index is 7.09. The highest BCUT2D eigenvalue weighted by molar-refractivity contribution is 6.16. The van der Waals surface area contributed by atoms with E-state index in [1.165, 1.54) is 44.2 Å². The van der Waals surface area contributed by atoms with Gasteiger partial charge in [-0.1, -0.05) is 188 Å². The predicted octanol–water partition coefficient (Wildman–Crippen LogP) is 14.2. The molecule has 10 aromatic rings. The summed E-state index contributed by atoms with van der Waals surface area (Å²) >= 11 is 0. The molecule has 0 bridgehead atoms. The van der Waals surface area contributed by atoms with Crippen LogP contribution in [0.2, 0.25) is 0 Å². The van der Waals surface area contributed by atoms with E-state index in [0.29, 0.717) is 0 Å². The number of benzene rings is 9. The van der Waals surface area contributed by atoms with Crippen LogP contribution in [0.4, 0.5) is 17.1 Å². The lowest BCUT2D eigenvalue weighted by molar-refractivity contribution is 0.670. The smallest absolute Gasteiger partial charge is 0.159 e. The molecule has 2 nitrogen and oxygen atoms in total. The fourth-order valence-corrected chi connectivity index (χ4v) is 9.28. The van der Waals surface area contributed by atoms with Crippen LogP contribution in [0.15, 0.2) is 217 Å². The van der Waals surface area contributed by atoms with Gasteiger partial charge in [-0.15, -0.1) is 0 Å². The van der Waals surface area contributed by atoms with Crippen LogP contribution in [0.5, 0.6) is 0 Å². The third-order valence-corrected chi connectivity index (χ3v) is 11.5. The maximum Gasteiger partial charge on any atom is 0.159 e. The van der Waals surface area contributed by atoms with Gasteiger partial charge in [0, 0.05) is 27.4 Å². The van der Waals surface area contributed by atoms with E-state index in [2.05, 4.69) is 217 Å². The van der Waals surface area contributed by atoms with Crippen molar-refractivity contribution in [3.8, 4) is 22.3 Å². The molecule has 0 unspecified atom stereocenters. The molecule has 0 amide bonds. The van der Waals surface area contributed by atoms with Crippen LogP contribution in [0.25, 0.3) is 55.0 Å². The monoisotopic (exact) mass is 701 g/mol. The highest BCUT2D eigenvalue weighted by atomic mass is 16.3. The molecule has 0 radical (unpaired) electrons. The van der Waals surface area contributed by atoms with Crippen LogP contribution in [0, 0.1) is 0 Å². The van der Waals surface area contributed by atoms with Gasteiger partial charge in [-0.3, -0.25) is 0 Å². The number of rotatable bonds is 6. The molecule has 0 fully saturated rings. The number of anilines is 3. The molecule has 0 N–H and O–H groups in total. The van der Waals surface area contributed by atoms with Crippen LogP contribution < -0.4 is 4.90 Å². The van der Waals surface area contributed by atoms with Gasteiger partial charge in [-0.2, -0.15) is 0 Å². The molecule has 0 atom stereocenters. The lowest BCUT2D eigenvalue weighted by Crippen LogP contribution is -2.28. The van der Waals surface area contributed by atoms with Crippen LogP contribution in [0.3, 0.4) is 0 Å². The summed E-state index contributed by atoms with van der Waals surface area (Å²) in [5, 5.41) is 4.59. The van der Waals surface area contributed by atoms with Gasteiger partial charge < -0.3 is 9.32 Å². The Bertz CT molecular complexity index is 2980. The molecule has 1 aromatic heterocycles. The van der Waals surface area contributed by atoms with Crippen molar-refractivity contribution in [3.05, 3.63) is 235 Å². The van der Waals surface area contributed by atoms with Crippen molar-refractivity contribution in [2.45, 2.75) is 5.41 Å². The van der Waals surface area contributed by atoms with Crippen molar-refractivity contribution in [2.75, 3.05) is 4.90 Å². The maximum absolute atomic E-state index is 7.09. The summed E-state index contributed by atoms with van der Waals surface area (Å²) in [5.41, 5.74) is 14.2. The minimum Gasteiger partial charge on any atom is -0.453 e. The average molecular weight is 702 g/mol. The van der Waals surface area contributed by atoms with Gasteiger partial charge in [0.2, 0.25) is 0 Å². The van der Waals surface area contributed by atoms with E-state index in [9.17, 15) is 0 Å². The quantitative estimate of drug-likeness (QED) is 0.172. The third-order valence-electron chi connectivity index (χ3n) is 11.5. The molecule has 258 valence electrons. The normalized spacial score (nSPS) is 12.9. The zero-order valence-corrected chi connectivity index (χ0v) is 30.1. The van der Waals surface area contributed by atoms with Gasteiger partial charge in [-0.25, -0.2) is 0 Å². The summed E-state index contributed by atoms with van der Waals surface area (Å²) in [6.45, 7) is 0. The van der Waals surface area contributed by atoms with Crippen LogP contribution in [-0.4, -0.2) is 0 Å². The number of hydrogen-bond donors (Lipinski definition) is 0. The number of furan rings is 1. The molecule has 11 rings (SSSR count). The highest BCUT2D eigenvalue weighted by Gasteiger charge is 2.47. The highest BCUT2D eigenvalue weighted by Crippen LogP contribution is 2.60. The first kappa shape index (κ1) is 31.4. The van der Waals surface area contributed by atoms with Crippen LogP contribution >= 0.6 is 0 Å². The Hall–Kier alpha value is -7.16. The SMILES string of the molecule is c1ccc(-c2cccc3c2oc2c(N(c4ccccc4)c4cc5c(c6ccccc46)-c4ccccc4C5(c4ccccc4)c4ccccc4)cccc23)cc1. The van der Waals surface area contributed by atoms with Crippen molar-refractivity contribution in [1.82, 2.24) is 0 Å². The first-order chi connectivity index (χ1) is 27.3. The van der Waals surface area contributed by atoms with E-state index >= 15 is 0 Å². The number of nitrogens with zero attached hydrogens (tertiary/aromatic N) is 1. The second-order valence-corrected chi connectivity index (χ2v) is 14.4. The van der Waals surface area contributed by atoms with Gasteiger partial charge in [-0.05, 0) is 68.6 Å². The molecule has 1 aliphatic carbocycles. The molecule has 0 aliphatic heterocycles. The van der Waals surface area contributed by atoms with Crippen molar-refractivity contribution in [2.24, 2.45) is 0 Å². The predicted molar refractivity (Wildman–Crippen MR) is 229 cm³/mol. The molecule has 0 saturated heterocycles. The Kier molecular flexibility index (Phi) is 7.11. The summed E-state index contributed by atoms with van der Waals surface area (Å²) < 4.78 is 7.09. The van der Waals surface area contributed by atoms with Gasteiger partial charge >= 0.3 is 0 Å². The summed E-state index contributed by atoms with van der Waals surface area (Å²) in [6.07, 6.45) is 0. The van der Waals surface area contributed by atoms with Gasteiger partial charge in [0.05, 0.1) is 16.8 Å². The van der Waals surface area contributed by atoms with Gasteiger partial charge in [0.25, 0.3) is 0 Å². The van der Waals surface area contributed by atoms with E-state index in [0.717, 1.165) is 50.1 Å². The molecule has 0 saturated carbocycles. The summed E-state index contributed by atoms with van der Waals surface area (Å²) in [6, 6.07) is 76.8. The summed E-state index contributed by atoms with van der Waals surface area (Å²) in [7, 11) is 0. The number of fused-ring (bicyclic) bond motifs is 8.